The molecule has 1 unspecified atom stereocenters. The first-order valence-electron chi connectivity index (χ1n) is 4.40. The predicted molar refractivity (Wildman–Crippen MR) is 50.5 cm³/mol. The van der Waals surface area contributed by atoms with Crippen molar-refractivity contribution in [3.05, 3.63) is 29.8 Å². The van der Waals surface area contributed by atoms with E-state index in [9.17, 15) is 8.78 Å². The fourth-order valence-electron chi connectivity index (χ4n) is 1.18. The molecule has 0 bridgehead atoms. The first-order valence-corrected chi connectivity index (χ1v) is 4.40. The van der Waals surface area contributed by atoms with E-state index in [-0.39, 0.29) is 18.3 Å². The predicted octanol–water partition coefficient (Wildman–Crippen LogP) is 2.31. The molecule has 4 heteroatoms. The van der Waals surface area contributed by atoms with Gasteiger partial charge in [0.25, 0.3) is 6.43 Å². The molecular weight excluding hydrogens is 188 g/mol. The Balaban J connectivity index is 2.56. The Kier molecular flexibility index (Phi) is 3.83. The topological polar surface area (TPSA) is 32.3 Å². The van der Waals surface area contributed by atoms with Crippen LogP contribution < -0.4 is 5.32 Å². The van der Waals surface area contributed by atoms with E-state index < -0.39 is 6.43 Å². The van der Waals surface area contributed by atoms with Crippen molar-refractivity contribution >= 4 is 0 Å². The molecule has 0 aliphatic rings. The highest BCUT2D eigenvalue weighted by molar-refractivity contribution is 5.28. The van der Waals surface area contributed by atoms with Gasteiger partial charge in [-0.1, -0.05) is 12.1 Å². The normalized spacial score (nSPS) is 13.1. The SMILES string of the molecule is CC(NCC(F)F)c1cccc(O)c1. The molecule has 0 spiro atoms. The van der Waals surface area contributed by atoms with Crippen LogP contribution in [0, 0.1) is 0 Å². The van der Waals surface area contributed by atoms with Gasteiger partial charge in [0.05, 0.1) is 6.54 Å². The molecule has 1 atom stereocenters. The van der Waals surface area contributed by atoms with E-state index in [4.69, 9.17) is 5.11 Å². The molecule has 2 N–H and O–H groups in total. The van der Waals surface area contributed by atoms with Crippen molar-refractivity contribution in [1.82, 2.24) is 5.32 Å². The molecule has 0 aliphatic heterocycles. The zero-order valence-corrected chi connectivity index (χ0v) is 7.87. The minimum atomic E-state index is -2.35. The van der Waals surface area contributed by atoms with Crippen LogP contribution in [0.1, 0.15) is 18.5 Å². The van der Waals surface area contributed by atoms with Crippen LogP contribution in [0.3, 0.4) is 0 Å². The van der Waals surface area contributed by atoms with Crippen LogP contribution in [-0.2, 0) is 0 Å². The number of halogens is 2. The van der Waals surface area contributed by atoms with Gasteiger partial charge in [0, 0.05) is 6.04 Å². The van der Waals surface area contributed by atoms with Gasteiger partial charge < -0.3 is 10.4 Å². The fourth-order valence-corrected chi connectivity index (χ4v) is 1.18. The van der Waals surface area contributed by atoms with Crippen LogP contribution in [0.5, 0.6) is 5.75 Å². The summed E-state index contributed by atoms with van der Waals surface area (Å²) < 4.78 is 23.8. The van der Waals surface area contributed by atoms with Crippen LogP contribution in [0.25, 0.3) is 0 Å². The van der Waals surface area contributed by atoms with Crippen LogP contribution in [-0.4, -0.2) is 18.1 Å². The minimum Gasteiger partial charge on any atom is -0.508 e. The molecule has 2 nitrogen and oxygen atoms in total. The molecular formula is C10H13F2NO. The Bertz CT molecular complexity index is 291. The Morgan fingerprint density at radius 1 is 1.43 bits per heavy atom. The Morgan fingerprint density at radius 2 is 2.14 bits per heavy atom. The molecule has 14 heavy (non-hydrogen) atoms. The maximum atomic E-state index is 11.9. The third-order valence-corrected chi connectivity index (χ3v) is 1.95. The second-order valence-electron chi connectivity index (χ2n) is 3.12. The summed E-state index contributed by atoms with van der Waals surface area (Å²) in [5.74, 6) is 0.146. The highest BCUT2D eigenvalue weighted by Gasteiger charge is 2.08. The average molecular weight is 201 g/mol. The monoisotopic (exact) mass is 201 g/mol. The molecule has 0 amide bonds. The molecule has 0 heterocycles. The van der Waals surface area contributed by atoms with Crippen LogP contribution in [0.15, 0.2) is 24.3 Å². The lowest BCUT2D eigenvalue weighted by molar-refractivity contribution is 0.142. The number of rotatable bonds is 4. The lowest BCUT2D eigenvalue weighted by atomic mass is 10.1. The van der Waals surface area contributed by atoms with E-state index in [2.05, 4.69) is 5.32 Å². The highest BCUT2D eigenvalue weighted by Crippen LogP contribution is 2.17. The van der Waals surface area contributed by atoms with E-state index >= 15 is 0 Å². The lowest BCUT2D eigenvalue weighted by Gasteiger charge is -2.13. The average Bonchev–Trinajstić information content (AvgIpc) is 2.14. The van der Waals surface area contributed by atoms with Gasteiger partial charge in [-0.15, -0.1) is 0 Å². The molecule has 78 valence electrons. The number of phenolic OH excluding ortho intramolecular Hbond substituents is 1. The maximum absolute atomic E-state index is 11.9. The second-order valence-corrected chi connectivity index (χ2v) is 3.12. The number of hydrogen-bond donors (Lipinski definition) is 2. The van der Waals surface area contributed by atoms with Gasteiger partial charge in [0.1, 0.15) is 5.75 Å². The summed E-state index contributed by atoms with van der Waals surface area (Å²) in [7, 11) is 0. The minimum absolute atomic E-state index is 0.146. The van der Waals surface area contributed by atoms with E-state index in [1.54, 1.807) is 31.2 Å². The molecule has 0 radical (unpaired) electrons. The van der Waals surface area contributed by atoms with Gasteiger partial charge >= 0.3 is 0 Å². The molecule has 0 fully saturated rings. The zero-order chi connectivity index (χ0) is 10.6. The summed E-state index contributed by atoms with van der Waals surface area (Å²) in [6.07, 6.45) is -2.35. The van der Waals surface area contributed by atoms with Gasteiger partial charge in [-0.05, 0) is 24.6 Å². The van der Waals surface area contributed by atoms with Crippen LogP contribution in [0.4, 0.5) is 8.78 Å². The molecule has 1 aromatic rings. The third-order valence-electron chi connectivity index (χ3n) is 1.95. The van der Waals surface area contributed by atoms with Crippen molar-refractivity contribution in [1.29, 1.82) is 0 Å². The summed E-state index contributed by atoms with van der Waals surface area (Å²) in [5.41, 5.74) is 0.797. The van der Waals surface area contributed by atoms with Gasteiger partial charge in [0.2, 0.25) is 0 Å². The molecule has 0 aliphatic carbocycles. The van der Waals surface area contributed by atoms with Crippen molar-refractivity contribution in [3.63, 3.8) is 0 Å². The zero-order valence-electron chi connectivity index (χ0n) is 7.87. The summed E-state index contributed by atoms with van der Waals surface area (Å²) in [5, 5.41) is 11.8. The van der Waals surface area contributed by atoms with Crippen molar-refractivity contribution in [2.75, 3.05) is 6.54 Å². The van der Waals surface area contributed by atoms with Crippen LogP contribution in [0.2, 0.25) is 0 Å². The lowest BCUT2D eigenvalue weighted by Crippen LogP contribution is -2.24. The molecule has 0 saturated heterocycles. The Labute approximate surface area is 81.6 Å². The Morgan fingerprint density at radius 3 is 2.71 bits per heavy atom. The van der Waals surface area contributed by atoms with Gasteiger partial charge in [-0.25, -0.2) is 8.78 Å². The van der Waals surface area contributed by atoms with E-state index in [0.717, 1.165) is 5.56 Å². The van der Waals surface area contributed by atoms with E-state index in [1.807, 2.05) is 0 Å². The number of hydrogen-bond acceptors (Lipinski definition) is 2. The molecule has 1 aromatic carbocycles. The van der Waals surface area contributed by atoms with Gasteiger partial charge in [-0.2, -0.15) is 0 Å². The summed E-state index contributed by atoms with van der Waals surface area (Å²) in [6, 6.07) is 6.39. The summed E-state index contributed by atoms with van der Waals surface area (Å²) in [4.78, 5) is 0. The summed E-state index contributed by atoms with van der Waals surface area (Å²) >= 11 is 0. The van der Waals surface area contributed by atoms with Crippen molar-refractivity contribution in [3.8, 4) is 5.75 Å². The summed E-state index contributed by atoms with van der Waals surface area (Å²) in [6.45, 7) is 1.44. The van der Waals surface area contributed by atoms with Gasteiger partial charge in [0.15, 0.2) is 0 Å². The van der Waals surface area contributed by atoms with Gasteiger partial charge in [-0.3, -0.25) is 0 Å². The van der Waals surface area contributed by atoms with E-state index in [0.29, 0.717) is 0 Å². The smallest absolute Gasteiger partial charge is 0.250 e. The molecule has 1 rings (SSSR count). The van der Waals surface area contributed by atoms with Crippen molar-refractivity contribution < 1.29 is 13.9 Å². The van der Waals surface area contributed by atoms with E-state index in [1.165, 1.54) is 0 Å². The fraction of sp³-hybridized carbons (Fsp3) is 0.400. The first kappa shape index (κ1) is 10.9. The Hall–Kier alpha value is -1.16. The third kappa shape index (κ3) is 3.30. The largest absolute Gasteiger partial charge is 0.508 e. The van der Waals surface area contributed by atoms with Crippen molar-refractivity contribution in [2.45, 2.75) is 19.4 Å². The maximum Gasteiger partial charge on any atom is 0.250 e. The van der Waals surface area contributed by atoms with Crippen molar-refractivity contribution in [2.24, 2.45) is 0 Å². The number of alkyl halides is 2. The number of aromatic hydroxyl groups is 1. The standard InChI is InChI=1S/C10H13F2NO/c1-7(13-6-10(11)12)8-3-2-4-9(14)5-8/h2-5,7,10,13-14H,6H2,1H3. The first-order chi connectivity index (χ1) is 6.59. The number of benzene rings is 1. The number of phenols is 1. The molecule has 0 aromatic heterocycles. The highest BCUT2D eigenvalue weighted by atomic mass is 19.3. The van der Waals surface area contributed by atoms with Crippen LogP contribution >= 0.6 is 0 Å². The molecule has 0 saturated carbocycles. The second kappa shape index (κ2) is 4.91. The quantitative estimate of drug-likeness (QED) is 0.783. The number of nitrogens with one attached hydrogen (secondary N) is 1.